The average molecular weight is 327 g/mol. The molecule has 0 bridgehead atoms. The number of nitrogens with one attached hydrogen (secondary N) is 1. The smallest absolute Gasteiger partial charge is 0.318 e. The topological polar surface area (TPSA) is 118 Å². The summed E-state index contributed by atoms with van der Waals surface area (Å²) < 4.78 is 0. The Morgan fingerprint density at radius 2 is 2.32 bits per heavy atom. The van der Waals surface area contributed by atoms with E-state index >= 15 is 0 Å². The van der Waals surface area contributed by atoms with Gasteiger partial charge < -0.3 is 15.3 Å². The minimum absolute atomic E-state index is 0.0354. The number of nitrogens with zero attached hydrogens (tertiary/aromatic N) is 4. The number of carbonyl (C=O) groups excluding carboxylic acids is 1. The van der Waals surface area contributed by atoms with E-state index in [4.69, 9.17) is 10.6 Å². The largest absolute Gasteiger partial charge is 0.481 e. The van der Waals surface area contributed by atoms with Gasteiger partial charge in [0.05, 0.1) is 12.1 Å². The number of carboxylic acids is 1. The van der Waals surface area contributed by atoms with Crippen LogP contribution < -0.4 is 5.32 Å². The molecule has 0 radical (unpaired) electrons. The molecule has 0 aromatic rings. The standard InChI is InChI=1S/C13H21N5O3S/c14-17-15-6-3-7-18-12-9(16-13(18)21)8-22-10(12)4-1-2-5-11(19)20/h9-10,12H,1-8H2,(H,16,21)(H,19,20)/t9-,10-,12-/m1/s1. The molecule has 2 aliphatic rings. The number of carbonyl (C=O) groups is 2. The molecule has 2 rings (SSSR count). The summed E-state index contributed by atoms with van der Waals surface area (Å²) in [6.45, 7) is 0.992. The van der Waals surface area contributed by atoms with Gasteiger partial charge in [0.1, 0.15) is 0 Å². The Morgan fingerprint density at radius 1 is 1.50 bits per heavy atom. The number of hydrogen-bond donors (Lipinski definition) is 2. The third-order valence-electron chi connectivity index (χ3n) is 4.06. The van der Waals surface area contributed by atoms with Crippen LogP contribution >= 0.6 is 11.8 Å². The van der Waals surface area contributed by atoms with Gasteiger partial charge in [0.2, 0.25) is 0 Å². The second-order valence-electron chi connectivity index (χ2n) is 5.56. The van der Waals surface area contributed by atoms with Crippen molar-refractivity contribution < 1.29 is 14.7 Å². The Hall–Kier alpha value is -1.60. The normalized spacial score (nSPS) is 26.5. The Balaban J connectivity index is 1.83. The van der Waals surface area contributed by atoms with Gasteiger partial charge in [-0.05, 0) is 24.8 Å². The number of hydrogen-bond acceptors (Lipinski definition) is 4. The average Bonchev–Trinajstić information content (AvgIpc) is 2.99. The molecule has 0 aromatic carbocycles. The predicted molar refractivity (Wildman–Crippen MR) is 83.8 cm³/mol. The van der Waals surface area contributed by atoms with Crippen LogP contribution in [0.3, 0.4) is 0 Å². The molecular formula is C13H21N5O3S. The van der Waals surface area contributed by atoms with Gasteiger partial charge in [-0.1, -0.05) is 11.5 Å². The molecule has 0 unspecified atom stereocenters. The van der Waals surface area contributed by atoms with E-state index < -0.39 is 5.97 Å². The Kier molecular flexibility index (Phi) is 6.21. The molecule has 2 amide bonds. The van der Waals surface area contributed by atoms with Crippen LogP contribution in [-0.4, -0.2) is 58.2 Å². The van der Waals surface area contributed by atoms with Gasteiger partial charge in [0.25, 0.3) is 0 Å². The first-order valence-corrected chi connectivity index (χ1v) is 8.59. The summed E-state index contributed by atoms with van der Waals surface area (Å²) >= 11 is 1.86. The third kappa shape index (κ3) is 4.20. The van der Waals surface area contributed by atoms with Crippen LogP contribution in [0.1, 0.15) is 32.1 Å². The van der Waals surface area contributed by atoms with Crippen molar-refractivity contribution in [2.45, 2.75) is 49.4 Å². The van der Waals surface area contributed by atoms with E-state index in [-0.39, 0.29) is 24.5 Å². The first-order valence-electron chi connectivity index (χ1n) is 7.55. The monoisotopic (exact) mass is 327 g/mol. The maximum Gasteiger partial charge on any atom is 0.318 e. The predicted octanol–water partition coefficient (Wildman–Crippen LogP) is 2.21. The number of fused-ring (bicyclic) bond motifs is 1. The molecule has 122 valence electrons. The highest BCUT2D eigenvalue weighted by molar-refractivity contribution is 8.00. The zero-order chi connectivity index (χ0) is 15.9. The maximum absolute atomic E-state index is 12.0. The fourth-order valence-corrected chi connectivity index (χ4v) is 4.69. The van der Waals surface area contributed by atoms with Gasteiger partial charge in [-0.3, -0.25) is 4.79 Å². The summed E-state index contributed by atoms with van der Waals surface area (Å²) in [6, 6.07) is 0.321. The van der Waals surface area contributed by atoms with Crippen LogP contribution in [-0.2, 0) is 4.79 Å². The number of unbranched alkanes of at least 4 members (excludes halogenated alkanes) is 1. The van der Waals surface area contributed by atoms with Crippen LogP contribution in [0.2, 0.25) is 0 Å². The number of urea groups is 1. The molecule has 22 heavy (non-hydrogen) atoms. The van der Waals surface area contributed by atoms with Crippen LogP contribution in [0, 0.1) is 0 Å². The molecule has 0 saturated carbocycles. The number of carboxylic acid groups (broad SMARTS) is 1. The first-order chi connectivity index (χ1) is 10.6. The Morgan fingerprint density at radius 3 is 3.05 bits per heavy atom. The molecule has 2 saturated heterocycles. The van der Waals surface area contributed by atoms with Crippen LogP contribution in [0.25, 0.3) is 10.4 Å². The highest BCUT2D eigenvalue weighted by Crippen LogP contribution is 2.37. The maximum atomic E-state index is 12.0. The van der Waals surface area contributed by atoms with Gasteiger partial charge in [0, 0.05) is 35.4 Å². The fourth-order valence-electron chi connectivity index (χ4n) is 3.09. The molecular weight excluding hydrogens is 306 g/mol. The van der Waals surface area contributed by atoms with Crippen molar-refractivity contribution in [3.05, 3.63) is 10.4 Å². The van der Waals surface area contributed by atoms with Crippen molar-refractivity contribution in [2.24, 2.45) is 5.11 Å². The number of amides is 2. The van der Waals surface area contributed by atoms with Crippen molar-refractivity contribution in [1.29, 1.82) is 0 Å². The zero-order valence-electron chi connectivity index (χ0n) is 12.3. The highest BCUT2D eigenvalue weighted by Gasteiger charge is 2.47. The molecule has 2 fully saturated rings. The van der Waals surface area contributed by atoms with Crippen LogP contribution in [0.15, 0.2) is 5.11 Å². The molecule has 0 aromatic heterocycles. The molecule has 2 heterocycles. The summed E-state index contributed by atoms with van der Waals surface area (Å²) in [5, 5.41) is 15.5. The number of azide groups is 1. The second-order valence-corrected chi connectivity index (χ2v) is 6.83. The third-order valence-corrected chi connectivity index (χ3v) is 5.56. The number of rotatable bonds is 9. The molecule has 0 aliphatic carbocycles. The summed E-state index contributed by atoms with van der Waals surface area (Å²) in [6.07, 6.45) is 3.35. The minimum atomic E-state index is -0.755. The molecule has 8 nitrogen and oxygen atoms in total. The SMILES string of the molecule is [N-]=[N+]=NCCCN1C(=O)N[C@@H]2CS[C@H](CCCCC(=O)O)[C@@H]21. The van der Waals surface area contributed by atoms with Gasteiger partial charge in [-0.2, -0.15) is 11.8 Å². The zero-order valence-corrected chi connectivity index (χ0v) is 13.2. The van der Waals surface area contributed by atoms with E-state index in [2.05, 4.69) is 15.3 Å². The number of thioether (sulfide) groups is 1. The molecule has 2 N–H and O–H groups in total. The second kappa shape index (κ2) is 8.14. The summed E-state index contributed by atoms with van der Waals surface area (Å²) in [5.74, 6) is 0.154. The van der Waals surface area contributed by atoms with Crippen molar-refractivity contribution in [3.8, 4) is 0 Å². The Labute approximate surface area is 133 Å². The minimum Gasteiger partial charge on any atom is -0.481 e. The molecule has 2 aliphatic heterocycles. The fraction of sp³-hybridized carbons (Fsp3) is 0.846. The van der Waals surface area contributed by atoms with Gasteiger partial charge >= 0.3 is 12.0 Å². The molecule has 3 atom stereocenters. The van der Waals surface area contributed by atoms with E-state index in [1.165, 1.54) is 0 Å². The lowest BCUT2D eigenvalue weighted by Crippen LogP contribution is -2.41. The summed E-state index contributed by atoms with van der Waals surface area (Å²) in [7, 11) is 0. The van der Waals surface area contributed by atoms with Gasteiger partial charge in [0.15, 0.2) is 0 Å². The quantitative estimate of drug-likeness (QED) is 0.222. The summed E-state index contributed by atoms with van der Waals surface area (Å²) in [4.78, 5) is 27.2. The van der Waals surface area contributed by atoms with Gasteiger partial charge in [-0.25, -0.2) is 4.79 Å². The van der Waals surface area contributed by atoms with Crippen LogP contribution in [0.4, 0.5) is 4.79 Å². The number of aliphatic carboxylic acids is 1. The van der Waals surface area contributed by atoms with E-state index in [1.54, 1.807) is 0 Å². The highest BCUT2D eigenvalue weighted by atomic mass is 32.2. The van der Waals surface area contributed by atoms with Crippen molar-refractivity contribution in [2.75, 3.05) is 18.8 Å². The lowest BCUT2D eigenvalue weighted by atomic mass is 10.0. The lowest BCUT2D eigenvalue weighted by Gasteiger charge is -2.27. The van der Waals surface area contributed by atoms with Crippen molar-refractivity contribution in [1.82, 2.24) is 10.2 Å². The van der Waals surface area contributed by atoms with Crippen molar-refractivity contribution in [3.63, 3.8) is 0 Å². The van der Waals surface area contributed by atoms with Crippen LogP contribution in [0.5, 0.6) is 0 Å². The van der Waals surface area contributed by atoms with E-state index in [0.717, 1.165) is 18.6 Å². The van der Waals surface area contributed by atoms with E-state index in [9.17, 15) is 9.59 Å². The Bertz CT molecular complexity index is 469. The van der Waals surface area contributed by atoms with Gasteiger partial charge in [-0.15, -0.1) is 0 Å². The van der Waals surface area contributed by atoms with E-state index in [1.807, 2.05) is 16.7 Å². The van der Waals surface area contributed by atoms with E-state index in [0.29, 0.717) is 31.2 Å². The summed E-state index contributed by atoms with van der Waals surface area (Å²) in [5.41, 5.74) is 8.28. The molecule has 0 spiro atoms. The van der Waals surface area contributed by atoms with Crippen molar-refractivity contribution >= 4 is 23.8 Å². The lowest BCUT2D eigenvalue weighted by molar-refractivity contribution is -0.137. The first kappa shape index (κ1) is 16.8. The molecule has 9 heteroatoms.